The molecule has 1 heterocycles. The van der Waals surface area contributed by atoms with E-state index in [4.69, 9.17) is 10.5 Å². The minimum absolute atomic E-state index is 0.582. The molecular weight excluding hydrogens is 268 g/mol. The van der Waals surface area contributed by atoms with E-state index in [1.54, 1.807) is 11.3 Å². The summed E-state index contributed by atoms with van der Waals surface area (Å²) < 4.78 is 5.87. The monoisotopic (exact) mass is 290 g/mol. The minimum Gasteiger partial charge on any atom is -0.493 e. The van der Waals surface area contributed by atoms with E-state index in [2.05, 4.69) is 31.8 Å². The van der Waals surface area contributed by atoms with Crippen LogP contribution < -0.4 is 10.5 Å². The van der Waals surface area contributed by atoms with Crippen molar-refractivity contribution in [3.63, 3.8) is 0 Å². The zero-order valence-corrected chi connectivity index (χ0v) is 13.2. The fourth-order valence-corrected chi connectivity index (χ4v) is 3.13. The summed E-state index contributed by atoms with van der Waals surface area (Å²) in [6.45, 7) is 7.55. The van der Waals surface area contributed by atoms with Crippen LogP contribution in [0.1, 0.15) is 33.6 Å². The van der Waals surface area contributed by atoms with Crippen LogP contribution in [0.15, 0.2) is 18.2 Å². The van der Waals surface area contributed by atoms with Crippen LogP contribution in [-0.2, 0) is 19.4 Å². The summed E-state index contributed by atoms with van der Waals surface area (Å²) >= 11 is 1.71. The summed E-state index contributed by atoms with van der Waals surface area (Å²) in [7, 11) is 0. The second-order valence-electron chi connectivity index (χ2n) is 4.83. The Bertz CT molecular complexity index is 556. The Balaban J connectivity index is 1.96. The first-order chi connectivity index (χ1) is 9.65. The van der Waals surface area contributed by atoms with E-state index in [0.717, 1.165) is 29.3 Å². The maximum absolute atomic E-state index is 5.87. The number of benzene rings is 1. The Hall–Kier alpha value is -1.39. The highest BCUT2D eigenvalue weighted by atomic mass is 32.1. The van der Waals surface area contributed by atoms with E-state index in [1.165, 1.54) is 16.0 Å². The molecule has 2 aromatic rings. The third kappa shape index (κ3) is 3.38. The molecule has 0 fully saturated rings. The maximum Gasteiger partial charge on any atom is 0.122 e. The average molecular weight is 290 g/mol. The Kier molecular flexibility index (Phi) is 5.15. The van der Waals surface area contributed by atoms with Crippen molar-refractivity contribution in [2.45, 2.75) is 40.2 Å². The third-order valence-electron chi connectivity index (χ3n) is 3.47. The fraction of sp³-hybridized carbons (Fsp3) is 0.438. The lowest BCUT2D eigenvalue weighted by Gasteiger charge is -2.09. The second kappa shape index (κ2) is 6.86. The van der Waals surface area contributed by atoms with Crippen LogP contribution in [0.2, 0.25) is 0 Å². The number of aryl methyl sites for hydroxylation is 2. The molecule has 0 atom stereocenters. The summed E-state index contributed by atoms with van der Waals surface area (Å²) in [4.78, 5) is 5.83. The predicted octanol–water partition coefficient (Wildman–Crippen LogP) is 3.40. The van der Waals surface area contributed by atoms with E-state index in [0.29, 0.717) is 13.2 Å². The van der Waals surface area contributed by atoms with Gasteiger partial charge in [-0.25, -0.2) is 4.98 Å². The van der Waals surface area contributed by atoms with Gasteiger partial charge in [-0.2, -0.15) is 0 Å². The van der Waals surface area contributed by atoms with Gasteiger partial charge < -0.3 is 10.5 Å². The maximum atomic E-state index is 5.87. The van der Waals surface area contributed by atoms with Gasteiger partial charge >= 0.3 is 0 Å². The highest BCUT2D eigenvalue weighted by molar-refractivity contribution is 7.11. The molecule has 0 saturated carbocycles. The van der Waals surface area contributed by atoms with E-state index < -0.39 is 0 Å². The summed E-state index contributed by atoms with van der Waals surface area (Å²) in [6.07, 6.45) is 1.78. The van der Waals surface area contributed by atoms with Crippen LogP contribution in [0.3, 0.4) is 0 Å². The Morgan fingerprint density at radius 3 is 2.75 bits per heavy atom. The summed E-state index contributed by atoms with van der Waals surface area (Å²) in [5, 5.41) is 1.12. The van der Waals surface area contributed by atoms with E-state index in [9.17, 15) is 0 Å². The Morgan fingerprint density at radius 2 is 2.10 bits per heavy atom. The number of rotatable bonds is 6. The summed E-state index contributed by atoms with van der Waals surface area (Å²) in [5.41, 5.74) is 9.34. The molecule has 20 heavy (non-hydrogen) atoms. The molecule has 0 amide bonds. The van der Waals surface area contributed by atoms with Gasteiger partial charge in [-0.15, -0.1) is 11.3 Å². The highest BCUT2D eigenvalue weighted by Crippen LogP contribution is 2.22. The van der Waals surface area contributed by atoms with Crippen molar-refractivity contribution in [3.8, 4) is 5.75 Å². The van der Waals surface area contributed by atoms with Crippen molar-refractivity contribution in [1.29, 1.82) is 0 Å². The van der Waals surface area contributed by atoms with Crippen molar-refractivity contribution < 1.29 is 4.74 Å². The molecule has 1 aromatic heterocycles. The normalized spacial score (nSPS) is 10.8. The van der Waals surface area contributed by atoms with Gasteiger partial charge in [-0.05, 0) is 37.5 Å². The van der Waals surface area contributed by atoms with E-state index >= 15 is 0 Å². The molecular formula is C16H22N2OS. The topological polar surface area (TPSA) is 48.1 Å². The van der Waals surface area contributed by atoms with Gasteiger partial charge in [0.05, 0.1) is 17.3 Å². The molecule has 0 spiro atoms. The lowest BCUT2D eigenvalue weighted by Crippen LogP contribution is -2.03. The number of nitrogens with two attached hydrogens (primary N) is 1. The first-order valence-corrected chi connectivity index (χ1v) is 7.83. The van der Waals surface area contributed by atoms with Crippen molar-refractivity contribution >= 4 is 11.3 Å². The van der Waals surface area contributed by atoms with Crippen molar-refractivity contribution in [3.05, 3.63) is 44.9 Å². The number of aromatic nitrogens is 1. The standard InChI is InChI=1S/C16H22N2OS/c1-4-13-15(10-17)20-16(18-13)8-9-19-14-7-5-6-11(2)12(14)3/h5-7H,4,8-10,17H2,1-3H3. The van der Waals surface area contributed by atoms with Crippen LogP contribution in [-0.4, -0.2) is 11.6 Å². The van der Waals surface area contributed by atoms with Gasteiger partial charge in [-0.1, -0.05) is 19.1 Å². The van der Waals surface area contributed by atoms with Crippen molar-refractivity contribution in [1.82, 2.24) is 4.98 Å². The molecule has 2 N–H and O–H groups in total. The highest BCUT2D eigenvalue weighted by Gasteiger charge is 2.09. The largest absolute Gasteiger partial charge is 0.493 e. The van der Waals surface area contributed by atoms with Gasteiger partial charge in [0.15, 0.2) is 0 Å². The smallest absolute Gasteiger partial charge is 0.122 e. The quantitative estimate of drug-likeness (QED) is 0.887. The molecule has 1 aromatic carbocycles. The van der Waals surface area contributed by atoms with Gasteiger partial charge in [-0.3, -0.25) is 0 Å². The Labute approximate surface area is 124 Å². The molecule has 4 heteroatoms. The molecule has 0 unspecified atom stereocenters. The van der Waals surface area contributed by atoms with Crippen LogP contribution >= 0.6 is 11.3 Å². The van der Waals surface area contributed by atoms with Crippen LogP contribution in [0.4, 0.5) is 0 Å². The Morgan fingerprint density at radius 1 is 1.30 bits per heavy atom. The van der Waals surface area contributed by atoms with E-state index in [-0.39, 0.29) is 0 Å². The average Bonchev–Trinajstić information content (AvgIpc) is 2.86. The van der Waals surface area contributed by atoms with Crippen LogP contribution in [0.5, 0.6) is 5.75 Å². The lowest BCUT2D eigenvalue weighted by molar-refractivity contribution is 0.319. The van der Waals surface area contributed by atoms with Gasteiger partial charge in [0.2, 0.25) is 0 Å². The number of nitrogens with zero attached hydrogens (tertiary/aromatic N) is 1. The molecule has 0 aliphatic carbocycles. The van der Waals surface area contributed by atoms with Gasteiger partial charge in [0.25, 0.3) is 0 Å². The molecule has 0 aliphatic rings. The summed E-state index contributed by atoms with van der Waals surface area (Å²) in [6, 6.07) is 6.15. The molecule has 0 aliphatic heterocycles. The van der Waals surface area contributed by atoms with Gasteiger partial charge in [0.1, 0.15) is 5.75 Å². The molecule has 3 nitrogen and oxygen atoms in total. The SMILES string of the molecule is CCc1nc(CCOc2cccc(C)c2C)sc1CN. The van der Waals surface area contributed by atoms with Crippen LogP contribution in [0, 0.1) is 13.8 Å². The number of ether oxygens (including phenoxy) is 1. The molecule has 0 bridgehead atoms. The molecule has 2 rings (SSSR count). The van der Waals surface area contributed by atoms with Crippen molar-refractivity contribution in [2.24, 2.45) is 5.73 Å². The van der Waals surface area contributed by atoms with Crippen LogP contribution in [0.25, 0.3) is 0 Å². The number of hydrogen-bond acceptors (Lipinski definition) is 4. The molecule has 0 saturated heterocycles. The summed E-state index contributed by atoms with van der Waals surface area (Å²) in [5.74, 6) is 0.969. The number of thiazole rings is 1. The first-order valence-electron chi connectivity index (χ1n) is 7.02. The first kappa shape index (κ1) is 15.0. The fourth-order valence-electron chi connectivity index (χ4n) is 2.11. The second-order valence-corrected chi connectivity index (χ2v) is 6.00. The zero-order chi connectivity index (χ0) is 14.5. The molecule has 0 radical (unpaired) electrons. The van der Waals surface area contributed by atoms with Gasteiger partial charge in [0, 0.05) is 17.8 Å². The predicted molar refractivity (Wildman–Crippen MR) is 84.5 cm³/mol. The van der Waals surface area contributed by atoms with E-state index in [1.807, 2.05) is 12.1 Å². The zero-order valence-electron chi connectivity index (χ0n) is 12.4. The third-order valence-corrected chi connectivity index (χ3v) is 4.65. The molecule has 108 valence electrons. The minimum atomic E-state index is 0.582. The van der Waals surface area contributed by atoms with Crippen molar-refractivity contribution in [2.75, 3.05) is 6.61 Å². The lowest BCUT2D eigenvalue weighted by atomic mass is 10.1. The number of hydrogen-bond donors (Lipinski definition) is 1.